The first-order valence-corrected chi connectivity index (χ1v) is 7.17. The molecule has 0 saturated heterocycles. The van der Waals surface area contributed by atoms with E-state index in [1.165, 1.54) is 11.8 Å². The maximum Gasteiger partial charge on any atom is 0.191 e. The highest BCUT2D eigenvalue weighted by molar-refractivity contribution is 8.00. The molecule has 0 spiro atoms. The van der Waals surface area contributed by atoms with E-state index in [1.54, 1.807) is 0 Å². The van der Waals surface area contributed by atoms with Gasteiger partial charge in [-0.2, -0.15) is 0 Å². The molecule has 5 heteroatoms. The first-order valence-electron chi connectivity index (χ1n) is 6.29. The Labute approximate surface area is 117 Å². The lowest BCUT2D eigenvalue weighted by molar-refractivity contribution is 0.0994. The van der Waals surface area contributed by atoms with Crippen molar-refractivity contribution in [2.45, 2.75) is 37.7 Å². The van der Waals surface area contributed by atoms with E-state index < -0.39 is 0 Å². The van der Waals surface area contributed by atoms with Crippen molar-refractivity contribution in [1.82, 2.24) is 14.8 Å². The number of rotatable bonds is 5. The topological polar surface area (TPSA) is 47.8 Å². The summed E-state index contributed by atoms with van der Waals surface area (Å²) in [5.41, 5.74) is 0.738. The summed E-state index contributed by atoms with van der Waals surface area (Å²) >= 11 is 1.46. The summed E-state index contributed by atoms with van der Waals surface area (Å²) in [7, 11) is 0. The Bertz CT molecular complexity index is 565. The molecule has 1 aromatic heterocycles. The van der Waals surface area contributed by atoms with Crippen LogP contribution >= 0.6 is 11.8 Å². The summed E-state index contributed by atoms with van der Waals surface area (Å²) in [6.07, 6.45) is 0. The van der Waals surface area contributed by atoms with Gasteiger partial charge in [0.25, 0.3) is 0 Å². The molecular formula is C14H17N3OS. The first kappa shape index (κ1) is 13.8. The largest absolute Gasteiger partial charge is 0.307 e. The van der Waals surface area contributed by atoms with E-state index in [1.807, 2.05) is 55.7 Å². The van der Waals surface area contributed by atoms with Crippen molar-refractivity contribution in [3.8, 4) is 0 Å². The van der Waals surface area contributed by atoms with Crippen molar-refractivity contribution in [2.75, 3.05) is 0 Å². The number of aryl methyl sites for hydroxylation is 1. The van der Waals surface area contributed by atoms with Crippen LogP contribution in [0.3, 0.4) is 0 Å². The van der Waals surface area contributed by atoms with Crippen LogP contribution in [0.15, 0.2) is 35.5 Å². The van der Waals surface area contributed by atoms with E-state index in [0.717, 1.165) is 23.1 Å². The summed E-state index contributed by atoms with van der Waals surface area (Å²) in [6, 6.07) is 9.35. The Kier molecular flexibility index (Phi) is 4.37. The van der Waals surface area contributed by atoms with Gasteiger partial charge in [0.05, 0.1) is 5.25 Å². The lowest BCUT2D eigenvalue weighted by atomic mass is 10.1. The van der Waals surface area contributed by atoms with Crippen molar-refractivity contribution in [2.24, 2.45) is 0 Å². The average Bonchev–Trinajstić information content (AvgIpc) is 2.79. The third-order valence-corrected chi connectivity index (χ3v) is 4.01. The normalized spacial score (nSPS) is 12.4. The number of nitrogens with zero attached hydrogens (tertiary/aromatic N) is 3. The molecule has 19 heavy (non-hydrogen) atoms. The van der Waals surface area contributed by atoms with Crippen molar-refractivity contribution in [3.05, 3.63) is 41.7 Å². The molecule has 1 unspecified atom stereocenters. The summed E-state index contributed by atoms with van der Waals surface area (Å²) in [6.45, 7) is 6.69. The van der Waals surface area contributed by atoms with E-state index in [9.17, 15) is 4.79 Å². The Morgan fingerprint density at radius 1 is 1.32 bits per heavy atom. The molecule has 2 aromatic rings. The number of carbonyl (C=O) groups excluding carboxylic acids is 1. The molecule has 0 bridgehead atoms. The van der Waals surface area contributed by atoms with Crippen LogP contribution in [0, 0.1) is 6.92 Å². The van der Waals surface area contributed by atoms with Crippen LogP contribution in [0.4, 0.5) is 0 Å². The molecule has 0 aliphatic rings. The fourth-order valence-corrected chi connectivity index (χ4v) is 2.90. The van der Waals surface area contributed by atoms with Crippen molar-refractivity contribution in [3.63, 3.8) is 0 Å². The SMILES string of the molecule is CCn1c(C)nnc1SC(C)C(=O)c1ccccc1. The lowest BCUT2D eigenvalue weighted by Gasteiger charge is -2.10. The number of Topliss-reactive ketones (excluding diaryl/α,β-unsaturated/α-hetero) is 1. The summed E-state index contributed by atoms with van der Waals surface area (Å²) < 4.78 is 2.01. The van der Waals surface area contributed by atoms with Crippen LogP contribution < -0.4 is 0 Å². The molecule has 0 radical (unpaired) electrons. The van der Waals surface area contributed by atoms with Gasteiger partial charge in [0.1, 0.15) is 5.82 Å². The van der Waals surface area contributed by atoms with Gasteiger partial charge in [-0.05, 0) is 20.8 Å². The van der Waals surface area contributed by atoms with E-state index in [-0.39, 0.29) is 11.0 Å². The van der Waals surface area contributed by atoms with E-state index in [0.29, 0.717) is 0 Å². The predicted molar refractivity (Wildman–Crippen MR) is 76.5 cm³/mol. The van der Waals surface area contributed by atoms with Crippen LogP contribution in [-0.4, -0.2) is 25.8 Å². The monoisotopic (exact) mass is 275 g/mol. The lowest BCUT2D eigenvalue weighted by Crippen LogP contribution is -2.14. The van der Waals surface area contributed by atoms with Gasteiger partial charge < -0.3 is 4.57 Å². The highest BCUT2D eigenvalue weighted by Crippen LogP contribution is 2.24. The molecule has 1 aromatic carbocycles. The fourth-order valence-electron chi connectivity index (χ4n) is 1.86. The van der Waals surface area contributed by atoms with Gasteiger partial charge in [0, 0.05) is 12.1 Å². The minimum absolute atomic E-state index is 0.119. The molecular weight excluding hydrogens is 258 g/mol. The third kappa shape index (κ3) is 3.04. The van der Waals surface area contributed by atoms with Crippen LogP contribution in [0.5, 0.6) is 0 Å². The number of thioether (sulfide) groups is 1. The Balaban J connectivity index is 2.13. The molecule has 0 N–H and O–H groups in total. The molecule has 100 valence electrons. The summed E-state index contributed by atoms with van der Waals surface area (Å²) in [5, 5.41) is 8.81. The molecule has 0 aliphatic heterocycles. The van der Waals surface area contributed by atoms with Gasteiger partial charge in [0.2, 0.25) is 0 Å². The maximum atomic E-state index is 12.3. The predicted octanol–water partition coefficient (Wildman–Crippen LogP) is 2.97. The summed E-state index contributed by atoms with van der Waals surface area (Å²) in [5.74, 6) is 0.998. The average molecular weight is 275 g/mol. The number of benzene rings is 1. The highest BCUT2D eigenvalue weighted by Gasteiger charge is 2.19. The standard InChI is InChI=1S/C14H17N3OS/c1-4-17-11(3)15-16-14(17)19-10(2)13(18)12-8-6-5-7-9-12/h5-10H,4H2,1-3H3. The minimum atomic E-state index is -0.170. The second-order valence-corrected chi connectivity index (χ2v) is 5.57. The molecule has 0 amide bonds. The molecule has 1 heterocycles. The molecule has 4 nitrogen and oxygen atoms in total. The third-order valence-electron chi connectivity index (χ3n) is 2.93. The quantitative estimate of drug-likeness (QED) is 0.622. The molecule has 0 fully saturated rings. The molecule has 2 rings (SSSR count). The zero-order chi connectivity index (χ0) is 13.8. The van der Waals surface area contributed by atoms with Crippen molar-refractivity contribution >= 4 is 17.5 Å². The Hall–Kier alpha value is -1.62. The number of hydrogen-bond donors (Lipinski definition) is 0. The van der Waals surface area contributed by atoms with Gasteiger partial charge >= 0.3 is 0 Å². The number of ketones is 1. The zero-order valence-corrected chi connectivity index (χ0v) is 12.1. The van der Waals surface area contributed by atoms with Crippen LogP contribution in [0.1, 0.15) is 30.0 Å². The first-order chi connectivity index (χ1) is 9.13. The smallest absolute Gasteiger partial charge is 0.191 e. The summed E-state index contributed by atoms with van der Waals surface area (Å²) in [4.78, 5) is 12.3. The van der Waals surface area contributed by atoms with Crippen LogP contribution in [0.25, 0.3) is 0 Å². The Morgan fingerprint density at radius 2 is 2.00 bits per heavy atom. The van der Waals surface area contributed by atoms with Gasteiger partial charge in [-0.15, -0.1) is 10.2 Å². The second kappa shape index (κ2) is 6.02. The van der Waals surface area contributed by atoms with Crippen molar-refractivity contribution in [1.29, 1.82) is 0 Å². The fraction of sp³-hybridized carbons (Fsp3) is 0.357. The second-order valence-electron chi connectivity index (χ2n) is 4.26. The minimum Gasteiger partial charge on any atom is -0.307 e. The van der Waals surface area contributed by atoms with Crippen LogP contribution in [-0.2, 0) is 6.54 Å². The number of carbonyl (C=O) groups is 1. The van der Waals surface area contributed by atoms with Crippen molar-refractivity contribution < 1.29 is 4.79 Å². The van der Waals surface area contributed by atoms with E-state index >= 15 is 0 Å². The molecule has 0 aliphatic carbocycles. The number of aromatic nitrogens is 3. The van der Waals surface area contributed by atoms with E-state index in [2.05, 4.69) is 10.2 Å². The zero-order valence-electron chi connectivity index (χ0n) is 11.3. The highest BCUT2D eigenvalue weighted by atomic mass is 32.2. The number of hydrogen-bond acceptors (Lipinski definition) is 4. The van der Waals surface area contributed by atoms with Crippen LogP contribution in [0.2, 0.25) is 0 Å². The van der Waals surface area contributed by atoms with Gasteiger partial charge in [-0.25, -0.2) is 0 Å². The molecule has 0 saturated carbocycles. The maximum absolute atomic E-state index is 12.3. The van der Waals surface area contributed by atoms with Gasteiger partial charge in [0.15, 0.2) is 10.9 Å². The van der Waals surface area contributed by atoms with Gasteiger partial charge in [-0.3, -0.25) is 4.79 Å². The Morgan fingerprint density at radius 3 is 2.63 bits per heavy atom. The van der Waals surface area contributed by atoms with E-state index in [4.69, 9.17) is 0 Å². The van der Waals surface area contributed by atoms with Gasteiger partial charge in [-0.1, -0.05) is 42.1 Å². The molecule has 1 atom stereocenters.